The van der Waals surface area contributed by atoms with Crippen molar-refractivity contribution < 1.29 is 19.3 Å². The Morgan fingerprint density at radius 3 is 1.10 bits per heavy atom. The molecular weight excluding hydrogens is 500 g/mol. The van der Waals surface area contributed by atoms with Gasteiger partial charge in [0.05, 0.1) is 11.2 Å². The van der Waals surface area contributed by atoms with E-state index in [0.29, 0.717) is 24.7 Å². The van der Waals surface area contributed by atoms with Crippen LogP contribution in [0, 0.1) is 58.2 Å². The zero-order valence-corrected chi connectivity index (χ0v) is 24.4. The maximum Gasteiger partial charge on any atom is 0.244 e. The summed E-state index contributed by atoms with van der Waals surface area (Å²) in [5.41, 5.74) is 5.78. The summed E-state index contributed by atoms with van der Waals surface area (Å²) in [6.45, 7) is 0. The second-order valence-electron chi connectivity index (χ2n) is 17.8. The van der Waals surface area contributed by atoms with Crippen LogP contribution < -0.4 is 11.0 Å². The Bertz CT molecular complexity index is 919. The van der Waals surface area contributed by atoms with Crippen LogP contribution >= 0.6 is 0 Å². The number of carbonyl (C=O) groups excluding carboxylic acids is 2. The molecule has 0 aromatic carbocycles. The number of hydrogen-bond donors (Lipinski definition) is 2. The minimum atomic E-state index is -0.341. The van der Waals surface area contributed by atoms with Gasteiger partial charge in [-0.05, 0) is 167 Å². The fraction of sp³-hybridized carbons (Fsp3) is 0.941. The summed E-state index contributed by atoms with van der Waals surface area (Å²) in [5.74, 6) is 6.46. The molecular formula is C34H50N2O4. The van der Waals surface area contributed by atoms with E-state index in [1.807, 2.05) is 0 Å². The van der Waals surface area contributed by atoms with E-state index in [9.17, 15) is 9.59 Å². The minimum Gasteiger partial charge on any atom is -0.273 e. The molecule has 6 nitrogen and oxygen atoms in total. The molecule has 0 spiro atoms. The molecule has 12 bridgehead atoms. The number of rotatable bonds is 8. The number of carbonyl (C=O) groups is 2. The highest BCUT2D eigenvalue weighted by Crippen LogP contribution is 2.63. The van der Waals surface area contributed by atoms with Crippen molar-refractivity contribution in [2.75, 3.05) is 0 Å². The van der Waals surface area contributed by atoms with Crippen LogP contribution in [-0.2, 0) is 19.3 Å². The van der Waals surface area contributed by atoms with Gasteiger partial charge in [-0.1, -0.05) is 0 Å². The van der Waals surface area contributed by atoms with Gasteiger partial charge in [0.25, 0.3) is 0 Å². The predicted molar refractivity (Wildman–Crippen MR) is 149 cm³/mol. The van der Waals surface area contributed by atoms with E-state index in [4.69, 9.17) is 9.68 Å². The van der Waals surface area contributed by atoms with Crippen molar-refractivity contribution in [2.24, 2.45) is 58.2 Å². The molecule has 0 aromatic heterocycles. The standard InChI is InChI=1S/C34H50N2O4/c37-29(18-31-8-21-1-22(9-31)3-23(2-21)10-31)35-39-33-14-27-7-28(15-33)17-34(16-27,20-33)40-36-30(38)19-32-11-24-4-25(12-32)6-26(5-24)13-32/h21-28H,1-20H2,(H,35,37)(H,36,38). The minimum absolute atomic E-state index is 0.0940. The molecule has 0 heterocycles. The molecule has 0 saturated heterocycles. The van der Waals surface area contributed by atoms with Gasteiger partial charge >= 0.3 is 0 Å². The third-order valence-corrected chi connectivity index (χ3v) is 14.1. The summed E-state index contributed by atoms with van der Waals surface area (Å²) < 4.78 is 0. The molecule has 12 aliphatic carbocycles. The first-order chi connectivity index (χ1) is 19.2. The lowest BCUT2D eigenvalue weighted by Gasteiger charge is -2.60. The lowest BCUT2D eigenvalue weighted by atomic mass is 9.49. The molecule has 12 saturated carbocycles. The van der Waals surface area contributed by atoms with E-state index in [1.165, 1.54) is 83.5 Å². The molecule has 12 aliphatic rings. The average Bonchev–Trinajstić information content (AvgIpc) is 2.84. The molecule has 6 heteroatoms. The van der Waals surface area contributed by atoms with Crippen molar-refractivity contribution in [3.8, 4) is 0 Å². The molecule has 0 radical (unpaired) electrons. The smallest absolute Gasteiger partial charge is 0.244 e. The Morgan fingerprint density at radius 1 is 0.475 bits per heavy atom. The Morgan fingerprint density at radius 2 is 0.775 bits per heavy atom. The van der Waals surface area contributed by atoms with E-state index < -0.39 is 0 Å². The van der Waals surface area contributed by atoms with Gasteiger partial charge in [0, 0.05) is 19.3 Å². The largest absolute Gasteiger partial charge is 0.273 e. The van der Waals surface area contributed by atoms with Crippen LogP contribution in [-0.4, -0.2) is 23.0 Å². The molecule has 40 heavy (non-hydrogen) atoms. The third-order valence-electron chi connectivity index (χ3n) is 14.1. The van der Waals surface area contributed by atoms with Crippen molar-refractivity contribution in [3.05, 3.63) is 0 Å². The Hall–Kier alpha value is -1.14. The zero-order chi connectivity index (χ0) is 26.7. The molecule has 0 aromatic rings. The van der Waals surface area contributed by atoms with Crippen LogP contribution in [0.3, 0.4) is 0 Å². The van der Waals surface area contributed by atoms with Crippen molar-refractivity contribution in [2.45, 2.75) is 140 Å². The molecule has 0 aliphatic heterocycles. The fourth-order valence-electron chi connectivity index (χ4n) is 14.4. The van der Waals surface area contributed by atoms with Gasteiger partial charge in [-0.25, -0.2) is 11.0 Å². The van der Waals surface area contributed by atoms with Crippen LogP contribution in [0.5, 0.6) is 0 Å². The van der Waals surface area contributed by atoms with E-state index in [0.717, 1.165) is 67.6 Å². The normalized spacial score (nSPS) is 54.2. The summed E-state index contributed by atoms with van der Waals surface area (Å²) in [6.07, 6.45) is 23.3. The van der Waals surface area contributed by atoms with E-state index in [-0.39, 0.29) is 33.8 Å². The fourth-order valence-corrected chi connectivity index (χ4v) is 14.4. The van der Waals surface area contributed by atoms with Crippen LogP contribution in [0.2, 0.25) is 0 Å². The lowest BCUT2D eigenvalue weighted by molar-refractivity contribution is -0.267. The van der Waals surface area contributed by atoms with Gasteiger partial charge in [-0.2, -0.15) is 0 Å². The van der Waals surface area contributed by atoms with Crippen molar-refractivity contribution in [3.63, 3.8) is 0 Å². The van der Waals surface area contributed by atoms with Crippen LogP contribution in [0.15, 0.2) is 0 Å². The first kappa shape index (κ1) is 25.4. The quantitative estimate of drug-likeness (QED) is 0.344. The second-order valence-corrected chi connectivity index (χ2v) is 17.8. The topological polar surface area (TPSA) is 76.7 Å². The predicted octanol–water partition coefficient (Wildman–Crippen LogP) is 6.39. The van der Waals surface area contributed by atoms with Crippen molar-refractivity contribution >= 4 is 11.8 Å². The molecule has 0 atom stereocenters. The number of amides is 2. The third kappa shape index (κ3) is 4.31. The second kappa shape index (κ2) is 8.71. The summed E-state index contributed by atoms with van der Waals surface area (Å²) in [7, 11) is 0. The van der Waals surface area contributed by atoms with E-state index >= 15 is 0 Å². The summed E-state index contributed by atoms with van der Waals surface area (Å²) in [4.78, 5) is 39.5. The summed E-state index contributed by atoms with van der Waals surface area (Å²) in [5, 5.41) is 0. The summed E-state index contributed by atoms with van der Waals surface area (Å²) >= 11 is 0. The van der Waals surface area contributed by atoms with Gasteiger partial charge in [-0.3, -0.25) is 19.3 Å². The van der Waals surface area contributed by atoms with Crippen LogP contribution in [0.1, 0.15) is 128 Å². The highest BCUT2D eigenvalue weighted by molar-refractivity contribution is 5.76. The van der Waals surface area contributed by atoms with E-state index in [1.54, 1.807) is 0 Å². The van der Waals surface area contributed by atoms with Gasteiger partial charge in [0.2, 0.25) is 11.8 Å². The SMILES string of the molecule is O=C(CC12CC3CC(CC(C3)C1)C2)NOC12CC3CC(C1)CC(ONC(=O)CC14CC5CC(CC(C5)C1)C4)(C3)C2. The first-order valence-electron chi connectivity index (χ1n) is 17.2. The maximum atomic E-state index is 13.3. The van der Waals surface area contributed by atoms with Gasteiger partial charge < -0.3 is 0 Å². The Kier molecular flexibility index (Phi) is 5.52. The lowest BCUT2D eigenvalue weighted by Crippen LogP contribution is -2.63. The Labute approximate surface area is 239 Å². The highest BCUT2D eigenvalue weighted by Gasteiger charge is 2.61. The maximum absolute atomic E-state index is 13.3. The molecule has 12 fully saturated rings. The Balaban J connectivity index is 0.826. The van der Waals surface area contributed by atoms with Gasteiger partial charge in [-0.15, -0.1) is 0 Å². The molecule has 2 amide bonds. The van der Waals surface area contributed by atoms with Gasteiger partial charge in [0.15, 0.2) is 0 Å². The van der Waals surface area contributed by atoms with Crippen LogP contribution in [0.25, 0.3) is 0 Å². The molecule has 220 valence electrons. The van der Waals surface area contributed by atoms with Crippen LogP contribution in [0.4, 0.5) is 0 Å². The number of hydroxylamine groups is 2. The van der Waals surface area contributed by atoms with Gasteiger partial charge in [0.1, 0.15) is 0 Å². The summed E-state index contributed by atoms with van der Waals surface area (Å²) in [6, 6.07) is 0. The molecule has 12 rings (SSSR count). The monoisotopic (exact) mass is 550 g/mol. The number of hydrogen-bond acceptors (Lipinski definition) is 4. The number of nitrogens with one attached hydrogen (secondary N) is 2. The first-order valence-corrected chi connectivity index (χ1v) is 17.2. The van der Waals surface area contributed by atoms with E-state index in [2.05, 4.69) is 11.0 Å². The molecule has 0 unspecified atom stereocenters. The zero-order valence-electron chi connectivity index (χ0n) is 24.4. The average molecular weight is 551 g/mol. The highest BCUT2D eigenvalue weighted by atomic mass is 16.7. The molecule has 2 N–H and O–H groups in total. The van der Waals surface area contributed by atoms with Crippen molar-refractivity contribution in [1.29, 1.82) is 0 Å². The van der Waals surface area contributed by atoms with Crippen molar-refractivity contribution in [1.82, 2.24) is 11.0 Å².